The van der Waals surface area contributed by atoms with Gasteiger partial charge in [-0.25, -0.2) is 0 Å². The summed E-state index contributed by atoms with van der Waals surface area (Å²) in [5.41, 5.74) is 0.890. The van der Waals surface area contributed by atoms with E-state index in [1.54, 1.807) is 0 Å². The third-order valence-electron chi connectivity index (χ3n) is 3.93. The maximum Gasteiger partial charge on any atom is 0.0901 e. The lowest BCUT2D eigenvalue weighted by Crippen LogP contribution is -2.33. The lowest BCUT2D eigenvalue weighted by atomic mass is 9.82. The number of halogens is 1. The van der Waals surface area contributed by atoms with E-state index in [-0.39, 0.29) is 5.41 Å². The lowest BCUT2D eigenvalue weighted by molar-refractivity contribution is 0.687. The fourth-order valence-corrected chi connectivity index (χ4v) is 6.06. The number of nitrogens with zero attached hydrogens (tertiary/aromatic N) is 1. The van der Waals surface area contributed by atoms with Crippen molar-refractivity contribution in [1.29, 1.82) is 0 Å². The first-order valence-electron chi connectivity index (χ1n) is 6.45. The molecule has 1 atom stereocenters. The Morgan fingerprint density at radius 2 is 2.15 bits per heavy atom. The highest BCUT2D eigenvalue weighted by molar-refractivity contribution is 8.12. The van der Waals surface area contributed by atoms with E-state index in [9.17, 15) is 0 Å². The summed E-state index contributed by atoms with van der Waals surface area (Å²) >= 11 is 10.3. The van der Waals surface area contributed by atoms with E-state index < -0.39 is 0 Å². The number of aliphatic imine (C=N–C) groups is 1. The van der Waals surface area contributed by atoms with Gasteiger partial charge in [-0.05, 0) is 28.8 Å². The molecule has 4 heteroatoms. The van der Waals surface area contributed by atoms with Crippen molar-refractivity contribution in [2.24, 2.45) is 10.4 Å². The smallest absolute Gasteiger partial charge is 0.0901 e. The molecule has 0 amide bonds. The summed E-state index contributed by atoms with van der Waals surface area (Å²) in [7, 11) is 0. The van der Waals surface area contributed by atoms with Gasteiger partial charge in [0.25, 0.3) is 0 Å². The largest absolute Gasteiger partial charge is 0.259 e. The van der Waals surface area contributed by atoms with Crippen LogP contribution >= 0.6 is 35.1 Å². The van der Waals surface area contributed by atoms with Gasteiger partial charge in [0.1, 0.15) is 0 Å². The Morgan fingerprint density at radius 1 is 1.30 bits per heavy atom. The van der Waals surface area contributed by atoms with Crippen LogP contribution in [0.25, 0.3) is 10.3 Å². The van der Waals surface area contributed by atoms with Crippen LogP contribution < -0.4 is 10.4 Å². The zero-order valence-electron chi connectivity index (χ0n) is 10.9. The zero-order valence-corrected chi connectivity index (χ0v) is 13.3. The molecule has 3 heterocycles. The minimum absolute atomic E-state index is 0.237. The molecule has 0 aromatic heterocycles. The van der Waals surface area contributed by atoms with Gasteiger partial charge < -0.3 is 0 Å². The molecule has 20 heavy (non-hydrogen) atoms. The predicted molar refractivity (Wildman–Crippen MR) is 91.2 cm³/mol. The van der Waals surface area contributed by atoms with Crippen LogP contribution in [0.5, 0.6) is 0 Å². The summed E-state index contributed by atoms with van der Waals surface area (Å²) in [4.78, 5) is 7.23. The maximum absolute atomic E-state index is 6.66. The van der Waals surface area contributed by atoms with Gasteiger partial charge in [0.2, 0.25) is 0 Å². The number of allylic oxidation sites excluding steroid dienone is 3. The minimum atomic E-state index is -0.237. The summed E-state index contributed by atoms with van der Waals surface area (Å²) in [6, 6.07) is 8.55. The highest BCUT2D eigenvalue weighted by Crippen LogP contribution is 2.61. The normalized spacial score (nSPS) is 27.3. The second-order valence-corrected chi connectivity index (χ2v) is 7.54. The van der Waals surface area contributed by atoms with Gasteiger partial charge in [-0.3, -0.25) is 4.99 Å². The van der Waals surface area contributed by atoms with E-state index in [0.29, 0.717) is 0 Å². The van der Waals surface area contributed by atoms with E-state index >= 15 is 0 Å². The Hall–Kier alpha value is -0.900. The zero-order chi connectivity index (χ0) is 13.7. The van der Waals surface area contributed by atoms with Crippen LogP contribution in [-0.2, 0) is 0 Å². The van der Waals surface area contributed by atoms with Gasteiger partial charge in [0.15, 0.2) is 0 Å². The topological polar surface area (TPSA) is 12.4 Å². The van der Waals surface area contributed by atoms with Gasteiger partial charge in [-0.1, -0.05) is 47.6 Å². The van der Waals surface area contributed by atoms with Crippen LogP contribution in [0.2, 0.25) is 0 Å². The van der Waals surface area contributed by atoms with Gasteiger partial charge in [-0.2, -0.15) is 0 Å². The first-order valence-corrected chi connectivity index (χ1v) is 8.69. The SMILES string of the molecule is CC1=C2N=CC=C(Cl)C23CSC=c2ccccc2=C3S1. The average molecular weight is 318 g/mol. The van der Waals surface area contributed by atoms with E-state index in [4.69, 9.17) is 11.6 Å². The second kappa shape index (κ2) is 4.55. The van der Waals surface area contributed by atoms with Crippen LogP contribution in [0.1, 0.15) is 6.92 Å². The van der Waals surface area contributed by atoms with E-state index in [2.05, 4.69) is 41.6 Å². The summed E-state index contributed by atoms with van der Waals surface area (Å²) in [5.74, 6) is 0.920. The van der Waals surface area contributed by atoms with Crippen molar-refractivity contribution in [3.63, 3.8) is 0 Å². The monoisotopic (exact) mass is 317 g/mol. The standard InChI is InChI=1S/C16H12ClNS2/c1-10-14-16(13(17)6-7-18-14)9-19-8-11-4-2-3-5-12(11)15(16)20-10/h2-8H,9H2,1H3. The van der Waals surface area contributed by atoms with E-state index in [0.717, 1.165) is 16.5 Å². The Balaban J connectivity index is 2.15. The van der Waals surface area contributed by atoms with Crippen LogP contribution in [0.3, 0.4) is 0 Å². The molecular formula is C16H12ClNS2. The molecule has 1 aromatic rings. The molecule has 0 fully saturated rings. The average Bonchev–Trinajstić information content (AvgIpc) is 2.66. The van der Waals surface area contributed by atoms with Crippen LogP contribution in [0.4, 0.5) is 0 Å². The maximum atomic E-state index is 6.66. The highest BCUT2D eigenvalue weighted by atomic mass is 35.5. The number of fused-ring (bicyclic) bond motifs is 1. The summed E-state index contributed by atoms with van der Waals surface area (Å²) in [6.07, 6.45) is 3.76. The molecule has 0 bridgehead atoms. The first-order chi connectivity index (χ1) is 9.73. The molecule has 0 saturated carbocycles. The molecule has 0 aliphatic carbocycles. The van der Waals surface area contributed by atoms with Crippen molar-refractivity contribution >= 4 is 51.7 Å². The van der Waals surface area contributed by atoms with Gasteiger partial charge in [0, 0.05) is 26.8 Å². The third-order valence-corrected chi connectivity index (χ3v) is 6.67. The molecule has 0 radical (unpaired) electrons. The van der Waals surface area contributed by atoms with Crippen molar-refractivity contribution in [2.75, 3.05) is 5.75 Å². The van der Waals surface area contributed by atoms with Crippen molar-refractivity contribution in [1.82, 2.24) is 0 Å². The van der Waals surface area contributed by atoms with Gasteiger partial charge in [-0.15, -0.1) is 11.8 Å². The minimum Gasteiger partial charge on any atom is -0.259 e. The molecule has 3 aliphatic rings. The highest BCUT2D eigenvalue weighted by Gasteiger charge is 2.49. The molecular weight excluding hydrogens is 306 g/mol. The fourth-order valence-electron chi connectivity index (χ4n) is 2.99. The fraction of sp³-hybridized carbons (Fsp3) is 0.188. The molecule has 1 nitrogen and oxygen atoms in total. The Kier molecular flexibility index (Phi) is 2.92. The molecule has 1 unspecified atom stereocenters. The lowest BCUT2D eigenvalue weighted by Gasteiger charge is -2.32. The van der Waals surface area contributed by atoms with Crippen molar-refractivity contribution in [3.05, 3.63) is 56.4 Å². The van der Waals surface area contributed by atoms with Crippen molar-refractivity contribution in [3.8, 4) is 0 Å². The number of dihydropyridines is 1. The molecule has 100 valence electrons. The number of rotatable bonds is 0. The van der Waals surface area contributed by atoms with Gasteiger partial charge >= 0.3 is 0 Å². The Bertz CT molecular complexity index is 819. The first kappa shape index (κ1) is 12.8. The number of benzene rings is 1. The molecule has 3 aliphatic heterocycles. The number of hydrogen-bond donors (Lipinski definition) is 0. The van der Waals surface area contributed by atoms with Crippen LogP contribution in [0.15, 0.2) is 51.0 Å². The van der Waals surface area contributed by atoms with Gasteiger partial charge in [0.05, 0.1) is 11.1 Å². The molecule has 0 saturated heterocycles. The third kappa shape index (κ3) is 1.57. The van der Waals surface area contributed by atoms with Crippen LogP contribution in [-0.4, -0.2) is 12.0 Å². The van der Waals surface area contributed by atoms with E-state index in [1.807, 2.05) is 35.8 Å². The Morgan fingerprint density at radius 3 is 3.05 bits per heavy atom. The Labute approximate surface area is 131 Å². The molecule has 1 spiro atoms. The second-order valence-electron chi connectivity index (χ2n) is 5.05. The summed E-state index contributed by atoms with van der Waals surface area (Å²) in [6.45, 7) is 2.15. The summed E-state index contributed by atoms with van der Waals surface area (Å²) in [5, 5.41) is 5.70. The number of thioether (sulfide) groups is 2. The van der Waals surface area contributed by atoms with Crippen molar-refractivity contribution in [2.45, 2.75) is 6.92 Å². The van der Waals surface area contributed by atoms with Crippen LogP contribution in [0, 0.1) is 5.41 Å². The van der Waals surface area contributed by atoms with Crippen molar-refractivity contribution < 1.29 is 0 Å². The summed E-state index contributed by atoms with van der Waals surface area (Å²) < 4.78 is 0. The number of hydrogen-bond acceptors (Lipinski definition) is 3. The molecule has 1 aromatic carbocycles. The predicted octanol–water partition coefficient (Wildman–Crippen LogP) is 3.45. The quantitative estimate of drug-likeness (QED) is 0.726. The molecule has 0 N–H and O–H groups in total. The van der Waals surface area contributed by atoms with E-state index in [1.165, 1.54) is 20.2 Å². The molecule has 4 rings (SSSR count).